The predicted molar refractivity (Wildman–Crippen MR) is 104 cm³/mol. The third-order valence-corrected chi connectivity index (χ3v) is 6.04. The van der Waals surface area contributed by atoms with Gasteiger partial charge in [0, 0.05) is 39.6 Å². The van der Waals surface area contributed by atoms with Crippen LogP contribution in [0.3, 0.4) is 0 Å². The first kappa shape index (κ1) is 18.3. The molecule has 2 aromatic rings. The fraction of sp³-hybridized carbons (Fsp3) is 0.333. The molecule has 2 heterocycles. The number of rotatable bonds is 6. The van der Waals surface area contributed by atoms with Crippen LogP contribution in [0, 0.1) is 0 Å². The monoisotopic (exact) mass is 394 g/mol. The summed E-state index contributed by atoms with van der Waals surface area (Å²) < 4.78 is 0. The molecule has 132 valence electrons. The molecule has 3 rings (SSSR count). The van der Waals surface area contributed by atoms with Crippen molar-refractivity contribution < 1.29 is 9.59 Å². The molecule has 1 aromatic carbocycles. The number of carbonyl (C=O) groups excluding carboxylic acids is 2. The Morgan fingerprint density at radius 2 is 2.16 bits per heavy atom. The van der Waals surface area contributed by atoms with Crippen molar-refractivity contribution in [2.24, 2.45) is 0 Å². The van der Waals surface area contributed by atoms with Crippen LogP contribution in [-0.2, 0) is 4.79 Å². The minimum atomic E-state index is -0.0884. The fourth-order valence-electron chi connectivity index (χ4n) is 2.73. The highest BCUT2D eigenvalue weighted by atomic mass is 35.5. The number of benzene rings is 1. The van der Waals surface area contributed by atoms with Crippen LogP contribution < -0.4 is 10.6 Å². The number of thioether (sulfide) groups is 1. The standard InChI is InChI=1S/C18H19ClN2O2S2/c19-13-3-4-16-14(10-13)15(6-9-25-16)21-17(22)2-1-7-20-18(23)12-5-8-24-11-12/h3-5,8,10-11,15H,1-2,6-7,9H2,(H,20,23)(H,21,22)/t15-/m0/s1. The number of halogens is 1. The highest BCUT2D eigenvalue weighted by molar-refractivity contribution is 7.99. The molecule has 2 N–H and O–H groups in total. The fourth-order valence-corrected chi connectivity index (χ4v) is 4.65. The molecule has 1 atom stereocenters. The number of thiophene rings is 1. The van der Waals surface area contributed by atoms with Gasteiger partial charge in [0.2, 0.25) is 5.91 Å². The number of amides is 2. The zero-order valence-corrected chi connectivity index (χ0v) is 16.0. The van der Waals surface area contributed by atoms with Crippen molar-refractivity contribution in [1.29, 1.82) is 0 Å². The van der Waals surface area contributed by atoms with E-state index in [0.717, 1.165) is 17.7 Å². The molecule has 1 aliphatic rings. The zero-order chi connectivity index (χ0) is 17.6. The molecular weight excluding hydrogens is 376 g/mol. The summed E-state index contributed by atoms with van der Waals surface area (Å²) in [5.41, 5.74) is 1.77. The van der Waals surface area contributed by atoms with E-state index in [1.54, 1.807) is 17.8 Å². The summed E-state index contributed by atoms with van der Waals surface area (Å²) in [4.78, 5) is 25.2. The minimum absolute atomic E-state index is 0.00704. The first-order valence-corrected chi connectivity index (χ1v) is 10.5. The van der Waals surface area contributed by atoms with E-state index >= 15 is 0 Å². The van der Waals surface area contributed by atoms with Gasteiger partial charge in [-0.3, -0.25) is 9.59 Å². The van der Waals surface area contributed by atoms with Gasteiger partial charge >= 0.3 is 0 Å². The molecule has 0 fully saturated rings. The van der Waals surface area contributed by atoms with Crippen molar-refractivity contribution in [1.82, 2.24) is 10.6 Å². The average molecular weight is 395 g/mol. The second kappa shape index (κ2) is 8.74. The molecule has 7 heteroatoms. The number of carbonyl (C=O) groups is 2. The van der Waals surface area contributed by atoms with Crippen molar-refractivity contribution in [3.8, 4) is 0 Å². The van der Waals surface area contributed by atoms with E-state index in [9.17, 15) is 9.59 Å². The number of nitrogens with one attached hydrogen (secondary N) is 2. The average Bonchev–Trinajstić information content (AvgIpc) is 3.14. The Bertz CT molecular complexity index is 750. The maximum absolute atomic E-state index is 12.2. The van der Waals surface area contributed by atoms with Crippen LogP contribution >= 0.6 is 34.7 Å². The van der Waals surface area contributed by atoms with Gasteiger partial charge in [-0.15, -0.1) is 11.8 Å². The molecule has 4 nitrogen and oxygen atoms in total. The van der Waals surface area contributed by atoms with Crippen LogP contribution in [0.4, 0.5) is 0 Å². The molecule has 0 saturated heterocycles. The summed E-state index contributed by atoms with van der Waals surface area (Å²) in [5.74, 6) is 0.901. The molecule has 0 bridgehead atoms. The van der Waals surface area contributed by atoms with Gasteiger partial charge in [-0.25, -0.2) is 0 Å². The number of hydrogen-bond donors (Lipinski definition) is 2. The Morgan fingerprint density at radius 3 is 2.96 bits per heavy atom. The lowest BCUT2D eigenvalue weighted by atomic mass is 10.0. The van der Waals surface area contributed by atoms with Crippen LogP contribution in [-0.4, -0.2) is 24.1 Å². The van der Waals surface area contributed by atoms with Crippen LogP contribution in [0.2, 0.25) is 5.02 Å². The van der Waals surface area contributed by atoms with E-state index in [1.165, 1.54) is 16.2 Å². The van der Waals surface area contributed by atoms with Crippen LogP contribution in [0.5, 0.6) is 0 Å². The second-order valence-corrected chi connectivity index (χ2v) is 8.16. The van der Waals surface area contributed by atoms with Crippen LogP contribution in [0.1, 0.15) is 41.2 Å². The lowest BCUT2D eigenvalue weighted by molar-refractivity contribution is -0.122. The Morgan fingerprint density at radius 1 is 1.28 bits per heavy atom. The Hall–Kier alpha value is -1.50. The van der Waals surface area contributed by atoms with E-state index in [2.05, 4.69) is 10.6 Å². The normalized spacial score (nSPS) is 16.1. The van der Waals surface area contributed by atoms with Gasteiger partial charge in [0.25, 0.3) is 5.91 Å². The van der Waals surface area contributed by atoms with Gasteiger partial charge in [-0.2, -0.15) is 11.3 Å². The molecule has 0 aliphatic carbocycles. The van der Waals surface area contributed by atoms with E-state index in [1.807, 2.05) is 29.0 Å². The summed E-state index contributed by atoms with van der Waals surface area (Å²) in [6, 6.07) is 7.64. The third kappa shape index (κ3) is 5.00. The van der Waals surface area contributed by atoms with Crippen LogP contribution in [0.25, 0.3) is 0 Å². The maximum atomic E-state index is 12.2. The molecular formula is C18H19ClN2O2S2. The summed E-state index contributed by atoms with van der Waals surface area (Å²) >= 11 is 9.38. The molecule has 2 amide bonds. The molecule has 0 unspecified atom stereocenters. The van der Waals surface area contributed by atoms with E-state index in [-0.39, 0.29) is 17.9 Å². The Balaban J connectivity index is 1.44. The van der Waals surface area contributed by atoms with Gasteiger partial charge in [-0.05, 0) is 48.1 Å². The summed E-state index contributed by atoms with van der Waals surface area (Å²) in [5, 5.41) is 10.3. The lowest BCUT2D eigenvalue weighted by Gasteiger charge is -2.26. The van der Waals surface area contributed by atoms with Gasteiger partial charge < -0.3 is 10.6 Å². The highest BCUT2D eigenvalue weighted by Crippen LogP contribution is 2.37. The van der Waals surface area contributed by atoms with Crippen LogP contribution in [0.15, 0.2) is 39.9 Å². The SMILES string of the molecule is O=C(CCCNC(=O)c1ccsc1)N[C@H]1CCSc2ccc(Cl)cc21. The van der Waals surface area contributed by atoms with Crippen molar-refractivity contribution in [3.63, 3.8) is 0 Å². The van der Waals surface area contributed by atoms with E-state index < -0.39 is 0 Å². The molecule has 1 aliphatic heterocycles. The van der Waals surface area contributed by atoms with Crippen molar-refractivity contribution in [2.75, 3.05) is 12.3 Å². The Labute approximate surface area is 160 Å². The second-order valence-electron chi connectivity index (χ2n) is 5.81. The molecule has 0 radical (unpaired) electrons. The predicted octanol–water partition coefficient (Wildman–Crippen LogP) is 4.26. The smallest absolute Gasteiger partial charge is 0.252 e. The molecule has 0 spiro atoms. The van der Waals surface area contributed by atoms with Gasteiger partial charge in [0.05, 0.1) is 6.04 Å². The Kier molecular flexibility index (Phi) is 6.39. The third-order valence-electron chi connectivity index (χ3n) is 4.00. The number of fused-ring (bicyclic) bond motifs is 1. The first-order valence-electron chi connectivity index (χ1n) is 8.15. The number of hydrogen-bond acceptors (Lipinski definition) is 4. The van der Waals surface area contributed by atoms with E-state index in [0.29, 0.717) is 30.0 Å². The molecule has 1 aromatic heterocycles. The lowest BCUT2D eigenvalue weighted by Crippen LogP contribution is -2.31. The topological polar surface area (TPSA) is 58.2 Å². The summed E-state index contributed by atoms with van der Waals surface area (Å²) in [6.45, 7) is 0.491. The minimum Gasteiger partial charge on any atom is -0.352 e. The highest BCUT2D eigenvalue weighted by Gasteiger charge is 2.22. The van der Waals surface area contributed by atoms with Crippen molar-refractivity contribution >= 4 is 46.5 Å². The maximum Gasteiger partial charge on any atom is 0.252 e. The quantitative estimate of drug-likeness (QED) is 0.719. The zero-order valence-electron chi connectivity index (χ0n) is 13.6. The first-order chi connectivity index (χ1) is 12.1. The molecule has 0 saturated carbocycles. The molecule has 25 heavy (non-hydrogen) atoms. The largest absolute Gasteiger partial charge is 0.352 e. The van der Waals surface area contributed by atoms with E-state index in [4.69, 9.17) is 11.6 Å². The van der Waals surface area contributed by atoms with Crippen molar-refractivity contribution in [3.05, 3.63) is 51.2 Å². The van der Waals surface area contributed by atoms with Gasteiger partial charge in [0.15, 0.2) is 0 Å². The van der Waals surface area contributed by atoms with Gasteiger partial charge in [0.1, 0.15) is 0 Å². The summed E-state index contributed by atoms with van der Waals surface area (Å²) in [6.07, 6.45) is 1.91. The van der Waals surface area contributed by atoms with Gasteiger partial charge in [-0.1, -0.05) is 11.6 Å². The summed E-state index contributed by atoms with van der Waals surface area (Å²) in [7, 11) is 0. The van der Waals surface area contributed by atoms with Crippen molar-refractivity contribution in [2.45, 2.75) is 30.2 Å².